The summed E-state index contributed by atoms with van der Waals surface area (Å²) in [5, 5.41) is 12.6. The van der Waals surface area contributed by atoms with Crippen molar-refractivity contribution in [1.29, 1.82) is 0 Å². The minimum Gasteiger partial charge on any atom is -0.465 e. The van der Waals surface area contributed by atoms with Crippen molar-refractivity contribution >= 4 is 26.6 Å². The van der Waals surface area contributed by atoms with Crippen LogP contribution in [0.3, 0.4) is 0 Å². The summed E-state index contributed by atoms with van der Waals surface area (Å²) in [5.41, 5.74) is 0. The second-order valence-electron chi connectivity index (χ2n) is 3.59. The van der Waals surface area contributed by atoms with Crippen molar-refractivity contribution in [3.8, 4) is 0 Å². The number of hydrogen-bond donors (Lipinski definition) is 1. The molecule has 0 aliphatic carbocycles. The van der Waals surface area contributed by atoms with Gasteiger partial charge < -0.3 is 14.8 Å². The average molecular weight is 263 g/mol. The molecule has 2 aliphatic rings. The van der Waals surface area contributed by atoms with Gasteiger partial charge in [-0.1, -0.05) is 5.16 Å². The zero-order valence-electron chi connectivity index (χ0n) is 7.52. The summed E-state index contributed by atoms with van der Waals surface area (Å²) in [6.45, 7) is 1.17. The van der Waals surface area contributed by atoms with Gasteiger partial charge in [0.1, 0.15) is 10.7 Å². The molecule has 1 amide bonds. The van der Waals surface area contributed by atoms with Crippen LogP contribution in [0.25, 0.3) is 0 Å². The highest BCUT2D eigenvalue weighted by atomic mass is 79.9. The summed E-state index contributed by atoms with van der Waals surface area (Å²) in [5.74, 6) is 0.282. The van der Waals surface area contributed by atoms with E-state index in [9.17, 15) is 4.79 Å². The molecule has 0 saturated carbocycles. The van der Waals surface area contributed by atoms with Crippen molar-refractivity contribution in [3.05, 3.63) is 0 Å². The normalized spacial score (nSPS) is 31.5. The van der Waals surface area contributed by atoms with Gasteiger partial charge in [-0.2, -0.15) is 0 Å². The van der Waals surface area contributed by atoms with E-state index in [1.54, 1.807) is 0 Å². The van der Waals surface area contributed by atoms with Gasteiger partial charge in [-0.3, -0.25) is 0 Å². The van der Waals surface area contributed by atoms with E-state index >= 15 is 0 Å². The van der Waals surface area contributed by atoms with E-state index < -0.39 is 6.09 Å². The first-order valence-corrected chi connectivity index (χ1v) is 5.32. The van der Waals surface area contributed by atoms with Gasteiger partial charge in [-0.25, -0.2) is 4.79 Å². The molecule has 1 fully saturated rings. The molecular formula is C8H11BrN2O3. The Morgan fingerprint density at radius 2 is 2.50 bits per heavy atom. The zero-order chi connectivity index (χ0) is 10.1. The molecule has 0 aromatic rings. The molecule has 0 aromatic heterocycles. The van der Waals surface area contributed by atoms with Crippen molar-refractivity contribution in [1.82, 2.24) is 4.90 Å². The van der Waals surface area contributed by atoms with Crippen molar-refractivity contribution in [2.24, 2.45) is 11.1 Å². The first-order valence-electron chi connectivity index (χ1n) is 4.53. The van der Waals surface area contributed by atoms with Crippen molar-refractivity contribution < 1.29 is 14.7 Å². The molecule has 0 spiro atoms. The maximum absolute atomic E-state index is 10.7. The summed E-state index contributed by atoms with van der Waals surface area (Å²) >= 11 is 3.26. The molecule has 0 bridgehead atoms. The van der Waals surface area contributed by atoms with Crippen LogP contribution in [0.5, 0.6) is 0 Å². The van der Waals surface area contributed by atoms with E-state index in [0.717, 1.165) is 17.5 Å². The Balaban J connectivity index is 1.87. The SMILES string of the molecule is O=C(O)N1CC[C@@H]([C@H]2CC(Br)=NO2)C1. The molecule has 14 heavy (non-hydrogen) atoms. The molecule has 1 N–H and O–H groups in total. The lowest BCUT2D eigenvalue weighted by Crippen LogP contribution is -2.29. The molecule has 0 aromatic carbocycles. The van der Waals surface area contributed by atoms with E-state index in [-0.39, 0.29) is 12.0 Å². The van der Waals surface area contributed by atoms with E-state index in [0.29, 0.717) is 13.1 Å². The van der Waals surface area contributed by atoms with Gasteiger partial charge in [-0.05, 0) is 22.4 Å². The predicted octanol–water partition coefficient (Wildman–Crippen LogP) is 1.48. The van der Waals surface area contributed by atoms with E-state index in [4.69, 9.17) is 9.94 Å². The Hall–Kier alpha value is -0.780. The summed E-state index contributed by atoms with van der Waals surface area (Å²) in [6.07, 6.45) is 0.837. The lowest BCUT2D eigenvalue weighted by Gasteiger charge is -2.16. The second kappa shape index (κ2) is 3.76. The zero-order valence-corrected chi connectivity index (χ0v) is 9.11. The highest BCUT2D eigenvalue weighted by molar-refractivity contribution is 9.18. The van der Waals surface area contributed by atoms with E-state index in [1.165, 1.54) is 4.90 Å². The number of amides is 1. The van der Waals surface area contributed by atoms with Crippen LogP contribution < -0.4 is 0 Å². The number of halogens is 1. The first-order chi connectivity index (χ1) is 6.66. The van der Waals surface area contributed by atoms with E-state index in [2.05, 4.69) is 21.1 Å². The number of oxime groups is 1. The minimum atomic E-state index is -0.842. The molecule has 78 valence electrons. The Kier molecular flexibility index (Phi) is 2.62. The number of likely N-dealkylation sites (tertiary alicyclic amines) is 1. The van der Waals surface area contributed by atoms with Crippen LogP contribution in [0.15, 0.2) is 5.16 Å². The van der Waals surface area contributed by atoms with Crippen molar-refractivity contribution in [3.63, 3.8) is 0 Å². The van der Waals surface area contributed by atoms with Gasteiger partial charge in [0.2, 0.25) is 0 Å². The minimum absolute atomic E-state index is 0.0497. The third-order valence-corrected chi connectivity index (χ3v) is 3.15. The van der Waals surface area contributed by atoms with Crippen LogP contribution in [0, 0.1) is 5.92 Å². The fraction of sp³-hybridized carbons (Fsp3) is 0.750. The quantitative estimate of drug-likeness (QED) is 0.779. The van der Waals surface area contributed by atoms with Gasteiger partial charge in [0.05, 0.1) is 0 Å². The maximum atomic E-state index is 10.7. The third kappa shape index (κ3) is 1.84. The van der Waals surface area contributed by atoms with Crippen molar-refractivity contribution in [2.45, 2.75) is 18.9 Å². The van der Waals surface area contributed by atoms with Crippen molar-refractivity contribution in [2.75, 3.05) is 13.1 Å². The molecular weight excluding hydrogens is 252 g/mol. The van der Waals surface area contributed by atoms with Gasteiger partial charge >= 0.3 is 6.09 Å². The lowest BCUT2D eigenvalue weighted by molar-refractivity contribution is 0.0432. The van der Waals surface area contributed by atoms with Crippen LogP contribution in [0.4, 0.5) is 4.79 Å². The number of carboxylic acid groups (broad SMARTS) is 1. The number of nitrogens with zero attached hydrogens (tertiary/aromatic N) is 2. The topological polar surface area (TPSA) is 62.1 Å². The van der Waals surface area contributed by atoms with Gasteiger partial charge in [-0.15, -0.1) is 0 Å². The Morgan fingerprint density at radius 3 is 3.00 bits per heavy atom. The molecule has 0 radical (unpaired) electrons. The second-order valence-corrected chi connectivity index (χ2v) is 4.51. The van der Waals surface area contributed by atoms with E-state index in [1.807, 2.05) is 0 Å². The molecule has 2 rings (SSSR count). The number of carbonyl (C=O) groups is 1. The molecule has 1 saturated heterocycles. The smallest absolute Gasteiger partial charge is 0.407 e. The molecule has 2 heterocycles. The third-order valence-electron chi connectivity index (χ3n) is 2.68. The summed E-state index contributed by atoms with van der Waals surface area (Å²) in [7, 11) is 0. The Bertz CT molecular complexity index is 282. The fourth-order valence-corrected chi connectivity index (χ4v) is 2.29. The molecule has 2 aliphatic heterocycles. The first kappa shape index (κ1) is 9.76. The average Bonchev–Trinajstić information content (AvgIpc) is 2.70. The van der Waals surface area contributed by atoms with Crippen LogP contribution >= 0.6 is 15.9 Å². The highest BCUT2D eigenvalue weighted by Crippen LogP contribution is 2.28. The summed E-state index contributed by atoms with van der Waals surface area (Å²) < 4.78 is 0.816. The maximum Gasteiger partial charge on any atom is 0.407 e. The number of rotatable bonds is 1. The van der Waals surface area contributed by atoms with Gasteiger partial charge in [0.15, 0.2) is 0 Å². The van der Waals surface area contributed by atoms with Gasteiger partial charge in [0.25, 0.3) is 0 Å². The van der Waals surface area contributed by atoms with Crippen LogP contribution in [-0.4, -0.2) is 39.9 Å². The van der Waals surface area contributed by atoms with Crippen LogP contribution in [0.2, 0.25) is 0 Å². The molecule has 0 unspecified atom stereocenters. The van der Waals surface area contributed by atoms with Crippen LogP contribution in [0.1, 0.15) is 12.8 Å². The van der Waals surface area contributed by atoms with Gasteiger partial charge in [0, 0.05) is 25.4 Å². The molecule has 5 nitrogen and oxygen atoms in total. The number of hydrogen-bond acceptors (Lipinski definition) is 3. The molecule has 6 heteroatoms. The Morgan fingerprint density at radius 1 is 1.71 bits per heavy atom. The fourth-order valence-electron chi connectivity index (χ4n) is 1.88. The summed E-state index contributed by atoms with van der Waals surface area (Å²) in [6, 6.07) is 0. The monoisotopic (exact) mass is 262 g/mol. The summed E-state index contributed by atoms with van der Waals surface area (Å²) in [4.78, 5) is 17.3. The van der Waals surface area contributed by atoms with Crippen LogP contribution in [-0.2, 0) is 4.84 Å². The highest BCUT2D eigenvalue weighted by Gasteiger charge is 2.35. The largest absolute Gasteiger partial charge is 0.465 e. The standard InChI is InChI=1S/C8H11BrN2O3/c9-7-3-6(14-10-7)5-1-2-11(4-5)8(12)13/h5-6H,1-4H2,(H,12,13)/t5-,6-/m1/s1. The molecule has 2 atom stereocenters. The predicted molar refractivity (Wildman–Crippen MR) is 53.6 cm³/mol. The Labute approximate surface area is 89.8 Å². The lowest BCUT2D eigenvalue weighted by atomic mass is 10.00.